The third kappa shape index (κ3) is 6.03. The van der Waals surface area contributed by atoms with Crippen LogP contribution >= 0.6 is 12.4 Å². The van der Waals surface area contributed by atoms with E-state index in [-0.39, 0.29) is 36.0 Å². The van der Waals surface area contributed by atoms with Gasteiger partial charge in [-0.2, -0.15) is 0 Å². The van der Waals surface area contributed by atoms with Gasteiger partial charge in [0.15, 0.2) is 5.69 Å². The van der Waals surface area contributed by atoms with Crippen molar-refractivity contribution in [3.8, 4) is 0 Å². The Bertz CT molecular complexity index is 784. The summed E-state index contributed by atoms with van der Waals surface area (Å²) in [6.07, 6.45) is 4.00. The van der Waals surface area contributed by atoms with Gasteiger partial charge < -0.3 is 16.0 Å². The van der Waals surface area contributed by atoms with Gasteiger partial charge in [0.05, 0.1) is 6.20 Å². The van der Waals surface area contributed by atoms with Crippen molar-refractivity contribution >= 4 is 29.9 Å². The van der Waals surface area contributed by atoms with Crippen LogP contribution in [0.1, 0.15) is 47.5 Å². The lowest BCUT2D eigenvalue weighted by molar-refractivity contribution is 0.0942. The number of nitrogens with one attached hydrogen (secondary N) is 3. The van der Waals surface area contributed by atoms with E-state index in [1.54, 1.807) is 35.1 Å². The lowest BCUT2D eigenvalue weighted by Crippen LogP contribution is -2.32. The highest BCUT2D eigenvalue weighted by Crippen LogP contribution is 2.13. The predicted molar refractivity (Wildman–Crippen MR) is 110 cm³/mol. The zero-order valence-corrected chi connectivity index (χ0v) is 17.0. The molecular weight excluding hydrogens is 380 g/mol. The number of carbonyl (C=O) groups is 2. The van der Waals surface area contributed by atoms with E-state index in [1.165, 1.54) is 0 Å². The monoisotopic (exact) mass is 406 g/mol. The molecule has 0 spiro atoms. The van der Waals surface area contributed by atoms with Crippen LogP contribution in [0.5, 0.6) is 0 Å². The molecule has 2 amide bonds. The number of benzene rings is 1. The van der Waals surface area contributed by atoms with Crippen molar-refractivity contribution in [2.75, 3.05) is 18.4 Å². The van der Waals surface area contributed by atoms with E-state index in [1.807, 2.05) is 13.8 Å². The molecule has 1 aliphatic heterocycles. The summed E-state index contributed by atoms with van der Waals surface area (Å²) in [5, 5.41) is 17.0. The maximum absolute atomic E-state index is 12.4. The minimum atomic E-state index is -0.317. The zero-order valence-electron chi connectivity index (χ0n) is 16.1. The second-order valence-corrected chi connectivity index (χ2v) is 7.20. The van der Waals surface area contributed by atoms with E-state index < -0.39 is 0 Å². The smallest absolute Gasteiger partial charge is 0.277 e. The highest BCUT2D eigenvalue weighted by atomic mass is 35.5. The van der Waals surface area contributed by atoms with Crippen LogP contribution in [0.25, 0.3) is 0 Å². The van der Waals surface area contributed by atoms with Crippen molar-refractivity contribution in [1.82, 2.24) is 25.6 Å². The summed E-state index contributed by atoms with van der Waals surface area (Å²) in [5.74, 6) is 0.0614. The Labute approximate surface area is 170 Å². The summed E-state index contributed by atoms with van der Waals surface area (Å²) in [6, 6.07) is 6.83. The van der Waals surface area contributed by atoms with Crippen LogP contribution in [0.2, 0.25) is 0 Å². The van der Waals surface area contributed by atoms with E-state index in [0.717, 1.165) is 32.5 Å². The maximum Gasteiger partial charge on any atom is 0.277 e. The predicted octanol–water partition coefficient (Wildman–Crippen LogP) is 2.09. The number of piperidine rings is 1. The van der Waals surface area contributed by atoms with Crippen molar-refractivity contribution < 1.29 is 9.59 Å². The number of amides is 2. The van der Waals surface area contributed by atoms with Gasteiger partial charge in [-0.3, -0.25) is 14.3 Å². The van der Waals surface area contributed by atoms with Crippen molar-refractivity contribution in [2.24, 2.45) is 5.92 Å². The summed E-state index contributed by atoms with van der Waals surface area (Å²) < 4.78 is 1.73. The number of carbonyl (C=O) groups excluding carboxylic acids is 2. The molecule has 3 rings (SSSR count). The van der Waals surface area contributed by atoms with Gasteiger partial charge in [-0.05, 0) is 70.0 Å². The summed E-state index contributed by atoms with van der Waals surface area (Å²) in [4.78, 5) is 24.3. The fourth-order valence-corrected chi connectivity index (χ4v) is 3.08. The molecule has 1 aromatic carbocycles. The normalized spacial score (nSPS) is 16.3. The number of halogens is 1. The average Bonchev–Trinajstić information content (AvgIpc) is 3.11. The van der Waals surface area contributed by atoms with Crippen LogP contribution in [0, 0.1) is 5.92 Å². The number of hydrogen-bond donors (Lipinski definition) is 3. The van der Waals surface area contributed by atoms with Crippen molar-refractivity contribution in [3.05, 3.63) is 41.7 Å². The van der Waals surface area contributed by atoms with E-state index in [0.29, 0.717) is 17.2 Å². The Morgan fingerprint density at radius 2 is 2.00 bits per heavy atom. The molecule has 0 saturated carbocycles. The van der Waals surface area contributed by atoms with Crippen LogP contribution < -0.4 is 16.0 Å². The average molecular weight is 407 g/mol. The highest BCUT2D eigenvalue weighted by molar-refractivity contribution is 6.03. The van der Waals surface area contributed by atoms with Gasteiger partial charge in [-0.15, -0.1) is 17.5 Å². The summed E-state index contributed by atoms with van der Waals surface area (Å²) >= 11 is 0. The molecule has 1 fully saturated rings. The van der Waals surface area contributed by atoms with Crippen LogP contribution in [0.3, 0.4) is 0 Å². The van der Waals surface area contributed by atoms with E-state index >= 15 is 0 Å². The number of hydrogen-bond acceptors (Lipinski definition) is 5. The Kier molecular flexibility index (Phi) is 7.95. The van der Waals surface area contributed by atoms with Crippen molar-refractivity contribution in [2.45, 2.75) is 39.3 Å². The Hall–Kier alpha value is -2.45. The molecule has 0 aliphatic carbocycles. The molecule has 1 saturated heterocycles. The molecule has 3 N–H and O–H groups in total. The number of aromatic nitrogens is 3. The van der Waals surface area contributed by atoms with Gasteiger partial charge in [0, 0.05) is 23.8 Å². The molecule has 2 aromatic rings. The third-order valence-electron chi connectivity index (χ3n) is 4.44. The number of anilines is 1. The van der Waals surface area contributed by atoms with Crippen molar-refractivity contribution in [1.29, 1.82) is 0 Å². The van der Waals surface area contributed by atoms with Gasteiger partial charge in [0.1, 0.15) is 0 Å². The fraction of sp³-hybridized carbons (Fsp3) is 0.474. The molecule has 1 atom stereocenters. The lowest BCUT2D eigenvalue weighted by atomic mass is 10.00. The van der Waals surface area contributed by atoms with Crippen LogP contribution in [-0.2, 0) is 6.54 Å². The molecule has 28 heavy (non-hydrogen) atoms. The lowest BCUT2D eigenvalue weighted by Gasteiger charge is -2.22. The number of nitrogens with zero attached hydrogens (tertiary/aromatic N) is 3. The standard InChI is InChI=1S/C19H26N6O2.ClH/c1-13(2)21-18(26)15-5-7-16(8-6-15)22-19(27)17-12-25(24-23-17)11-14-4-3-9-20-10-14;/h5-8,12-14,20H,3-4,9-11H2,1-2H3,(H,21,26)(H,22,27);1H. The first-order chi connectivity index (χ1) is 13.0. The molecule has 1 aliphatic rings. The van der Waals surface area contributed by atoms with Gasteiger partial charge in [0.25, 0.3) is 11.8 Å². The number of rotatable bonds is 6. The van der Waals surface area contributed by atoms with Crippen LogP contribution in [0.4, 0.5) is 5.69 Å². The maximum atomic E-state index is 12.4. The van der Waals surface area contributed by atoms with Crippen LogP contribution in [-0.4, -0.2) is 45.9 Å². The third-order valence-corrected chi connectivity index (χ3v) is 4.44. The van der Waals surface area contributed by atoms with Gasteiger partial charge in [-0.25, -0.2) is 0 Å². The first-order valence-electron chi connectivity index (χ1n) is 9.34. The minimum Gasteiger partial charge on any atom is -0.350 e. The summed E-state index contributed by atoms with van der Waals surface area (Å²) in [6.45, 7) is 6.61. The molecule has 2 heterocycles. The highest BCUT2D eigenvalue weighted by Gasteiger charge is 2.16. The van der Waals surface area contributed by atoms with Crippen molar-refractivity contribution in [3.63, 3.8) is 0 Å². The van der Waals surface area contributed by atoms with Crippen LogP contribution in [0.15, 0.2) is 30.5 Å². The second kappa shape index (κ2) is 10.2. The van der Waals surface area contributed by atoms with E-state index in [4.69, 9.17) is 0 Å². The Balaban J connectivity index is 0.00000280. The quantitative estimate of drug-likeness (QED) is 0.681. The molecule has 1 aromatic heterocycles. The second-order valence-electron chi connectivity index (χ2n) is 7.20. The molecule has 152 valence electrons. The fourth-order valence-electron chi connectivity index (χ4n) is 3.08. The van der Waals surface area contributed by atoms with E-state index in [9.17, 15) is 9.59 Å². The SMILES string of the molecule is CC(C)NC(=O)c1ccc(NC(=O)c2cn(CC3CCCNC3)nn2)cc1.Cl. The van der Waals surface area contributed by atoms with Gasteiger partial charge >= 0.3 is 0 Å². The first-order valence-corrected chi connectivity index (χ1v) is 9.34. The topological polar surface area (TPSA) is 101 Å². The Morgan fingerprint density at radius 3 is 2.64 bits per heavy atom. The van der Waals surface area contributed by atoms with Gasteiger partial charge in [0.2, 0.25) is 0 Å². The van der Waals surface area contributed by atoms with E-state index in [2.05, 4.69) is 26.3 Å². The molecular formula is C19H27ClN6O2. The molecule has 8 nitrogen and oxygen atoms in total. The minimum absolute atomic E-state index is 0. The largest absolute Gasteiger partial charge is 0.350 e. The Morgan fingerprint density at radius 1 is 1.25 bits per heavy atom. The van der Waals surface area contributed by atoms with Gasteiger partial charge in [-0.1, -0.05) is 5.21 Å². The zero-order chi connectivity index (χ0) is 19.2. The molecule has 9 heteroatoms. The molecule has 0 bridgehead atoms. The first kappa shape index (κ1) is 21.8. The molecule has 0 radical (unpaired) electrons. The molecule has 1 unspecified atom stereocenters. The summed E-state index contributed by atoms with van der Waals surface area (Å²) in [7, 11) is 0. The summed E-state index contributed by atoms with van der Waals surface area (Å²) in [5.41, 5.74) is 1.43.